The number of rotatable bonds is 4. The summed E-state index contributed by atoms with van der Waals surface area (Å²) in [5.41, 5.74) is -1.63. The molecule has 1 heterocycles. The van der Waals surface area contributed by atoms with Crippen molar-refractivity contribution in [3.63, 3.8) is 0 Å². The van der Waals surface area contributed by atoms with E-state index >= 15 is 0 Å². The molecular formula is C14H10F3NO4S. The number of thiophene rings is 1. The van der Waals surface area contributed by atoms with Gasteiger partial charge in [0.2, 0.25) is 0 Å². The summed E-state index contributed by atoms with van der Waals surface area (Å²) in [7, 11) is 0. The van der Waals surface area contributed by atoms with Gasteiger partial charge in [-0.25, -0.2) is 9.59 Å². The van der Waals surface area contributed by atoms with Gasteiger partial charge in [-0.3, -0.25) is 5.32 Å². The molecule has 0 atom stereocenters. The minimum Gasteiger partial charge on any atom is -0.478 e. The molecule has 0 fully saturated rings. The molecule has 2 N–H and O–H groups in total. The number of aromatic carboxylic acids is 1. The molecule has 9 heteroatoms. The van der Waals surface area contributed by atoms with Gasteiger partial charge in [-0.05, 0) is 5.56 Å². The quantitative estimate of drug-likeness (QED) is 0.870. The van der Waals surface area contributed by atoms with Gasteiger partial charge >= 0.3 is 18.2 Å². The average molecular weight is 345 g/mol. The molecule has 0 saturated carbocycles. The highest BCUT2D eigenvalue weighted by Gasteiger charge is 2.38. The molecule has 2 rings (SSSR count). The van der Waals surface area contributed by atoms with E-state index in [2.05, 4.69) is 0 Å². The lowest BCUT2D eigenvalue weighted by molar-refractivity contribution is -0.137. The van der Waals surface area contributed by atoms with Gasteiger partial charge in [0.15, 0.2) is 0 Å². The fraction of sp³-hybridized carbons (Fsp3) is 0.143. The van der Waals surface area contributed by atoms with Crippen LogP contribution in [0.4, 0.5) is 23.0 Å². The zero-order chi connectivity index (χ0) is 17.0. The van der Waals surface area contributed by atoms with Crippen LogP contribution in [0.15, 0.2) is 35.7 Å². The highest BCUT2D eigenvalue weighted by molar-refractivity contribution is 7.15. The van der Waals surface area contributed by atoms with Crippen molar-refractivity contribution in [1.29, 1.82) is 0 Å². The Kier molecular flexibility index (Phi) is 4.89. The summed E-state index contributed by atoms with van der Waals surface area (Å²) >= 11 is 0.469. The van der Waals surface area contributed by atoms with Gasteiger partial charge in [-0.15, -0.1) is 11.3 Å². The molecule has 23 heavy (non-hydrogen) atoms. The highest BCUT2D eigenvalue weighted by Crippen LogP contribution is 2.39. The van der Waals surface area contributed by atoms with Crippen LogP contribution in [0, 0.1) is 0 Å². The number of amides is 1. The van der Waals surface area contributed by atoms with Crippen molar-refractivity contribution in [2.45, 2.75) is 12.8 Å². The number of nitrogens with one attached hydrogen (secondary N) is 1. The molecule has 0 aliphatic carbocycles. The Balaban J connectivity index is 2.09. The number of carbonyl (C=O) groups is 2. The third kappa shape index (κ3) is 4.22. The Morgan fingerprint density at radius 3 is 2.43 bits per heavy atom. The minimum absolute atomic E-state index is 0.0907. The van der Waals surface area contributed by atoms with E-state index < -0.39 is 34.4 Å². The Bertz CT molecular complexity index is 713. The van der Waals surface area contributed by atoms with Gasteiger partial charge in [0.1, 0.15) is 17.2 Å². The summed E-state index contributed by atoms with van der Waals surface area (Å²) in [4.78, 5) is 22.6. The van der Waals surface area contributed by atoms with Gasteiger partial charge in [-0.2, -0.15) is 13.2 Å². The third-order valence-electron chi connectivity index (χ3n) is 2.74. The molecule has 0 spiro atoms. The van der Waals surface area contributed by atoms with E-state index in [1.165, 1.54) is 0 Å². The number of carboxylic acids is 1. The number of halogens is 3. The molecule has 1 amide bonds. The number of anilines is 1. The Hall–Kier alpha value is -2.55. The van der Waals surface area contributed by atoms with Gasteiger partial charge < -0.3 is 9.84 Å². The molecule has 2 aromatic rings. The lowest BCUT2D eigenvalue weighted by Gasteiger charge is -2.08. The molecule has 0 saturated heterocycles. The van der Waals surface area contributed by atoms with Crippen LogP contribution in [0.2, 0.25) is 0 Å². The molecule has 0 bridgehead atoms. The van der Waals surface area contributed by atoms with Crippen LogP contribution in [0.1, 0.15) is 21.5 Å². The topological polar surface area (TPSA) is 75.6 Å². The number of hydrogen-bond acceptors (Lipinski definition) is 4. The molecule has 5 nitrogen and oxygen atoms in total. The smallest absolute Gasteiger partial charge is 0.418 e. The van der Waals surface area contributed by atoms with Gasteiger partial charge in [-0.1, -0.05) is 30.3 Å². The van der Waals surface area contributed by atoms with Crippen molar-refractivity contribution in [1.82, 2.24) is 0 Å². The predicted octanol–water partition coefficient (Wildman–Crippen LogP) is 4.21. The number of carboxylic acid groups (broad SMARTS) is 1. The first kappa shape index (κ1) is 16.8. The van der Waals surface area contributed by atoms with E-state index in [0.717, 1.165) is 0 Å². The number of carbonyl (C=O) groups excluding carboxylic acids is 1. The number of benzene rings is 1. The lowest BCUT2D eigenvalue weighted by Crippen LogP contribution is -2.16. The van der Waals surface area contributed by atoms with E-state index in [4.69, 9.17) is 9.84 Å². The maximum atomic E-state index is 12.7. The molecule has 0 aliphatic heterocycles. The minimum atomic E-state index is -4.82. The normalized spacial score (nSPS) is 11.1. The fourth-order valence-corrected chi connectivity index (χ4v) is 2.67. The van der Waals surface area contributed by atoms with E-state index in [1.807, 2.05) is 5.32 Å². The van der Waals surface area contributed by atoms with Crippen LogP contribution in [0.25, 0.3) is 0 Å². The van der Waals surface area contributed by atoms with E-state index in [9.17, 15) is 22.8 Å². The first-order chi connectivity index (χ1) is 10.8. The number of ether oxygens (including phenoxy) is 1. The lowest BCUT2D eigenvalue weighted by atomic mass is 10.2. The first-order valence-corrected chi connectivity index (χ1v) is 7.06. The van der Waals surface area contributed by atoms with Crippen molar-refractivity contribution in [3.8, 4) is 0 Å². The molecule has 0 unspecified atom stereocenters. The van der Waals surface area contributed by atoms with Crippen molar-refractivity contribution < 1.29 is 32.6 Å². The standard InChI is InChI=1S/C14H10F3NO4S/c15-14(16,17)9-7-23-11(10(9)12(19)20)18-13(21)22-6-8-4-2-1-3-5-8/h1-5,7H,6H2,(H,18,21)(H,19,20). The number of hydrogen-bond donors (Lipinski definition) is 2. The van der Waals surface area contributed by atoms with Crippen molar-refractivity contribution in [2.24, 2.45) is 0 Å². The van der Waals surface area contributed by atoms with Crippen molar-refractivity contribution >= 4 is 28.4 Å². The Morgan fingerprint density at radius 1 is 1.22 bits per heavy atom. The second kappa shape index (κ2) is 6.69. The summed E-state index contributed by atoms with van der Waals surface area (Å²) in [6.45, 7) is -0.0907. The van der Waals surface area contributed by atoms with Crippen LogP contribution >= 0.6 is 11.3 Å². The van der Waals surface area contributed by atoms with Crippen LogP contribution in [-0.4, -0.2) is 17.2 Å². The fourth-order valence-electron chi connectivity index (χ4n) is 1.72. The van der Waals surface area contributed by atoms with Gasteiger partial charge in [0.25, 0.3) is 0 Å². The summed E-state index contributed by atoms with van der Waals surface area (Å²) < 4.78 is 43.0. The van der Waals surface area contributed by atoms with Crippen molar-refractivity contribution in [3.05, 3.63) is 52.4 Å². The largest absolute Gasteiger partial charge is 0.478 e. The zero-order valence-electron chi connectivity index (χ0n) is 11.4. The van der Waals surface area contributed by atoms with Crippen LogP contribution in [0.5, 0.6) is 0 Å². The molecule has 0 radical (unpaired) electrons. The monoisotopic (exact) mass is 345 g/mol. The molecule has 1 aromatic heterocycles. The maximum Gasteiger partial charge on any atom is 0.418 e. The molecule has 1 aromatic carbocycles. The highest BCUT2D eigenvalue weighted by atomic mass is 32.1. The predicted molar refractivity (Wildman–Crippen MR) is 76.5 cm³/mol. The second-order valence-corrected chi connectivity index (χ2v) is 5.22. The van der Waals surface area contributed by atoms with E-state index in [0.29, 0.717) is 22.3 Å². The average Bonchev–Trinajstić information content (AvgIpc) is 2.90. The zero-order valence-corrected chi connectivity index (χ0v) is 12.2. The summed E-state index contributed by atoms with van der Waals surface area (Å²) in [5.74, 6) is -1.78. The third-order valence-corrected chi connectivity index (χ3v) is 3.63. The van der Waals surface area contributed by atoms with Gasteiger partial charge in [0.05, 0.1) is 5.56 Å². The summed E-state index contributed by atoms with van der Waals surface area (Å²) in [6, 6.07) is 8.63. The maximum absolute atomic E-state index is 12.7. The Labute approximate surface area is 132 Å². The molecule has 0 aliphatic rings. The van der Waals surface area contributed by atoms with Crippen LogP contribution in [0.3, 0.4) is 0 Å². The molecular weight excluding hydrogens is 335 g/mol. The van der Waals surface area contributed by atoms with Gasteiger partial charge in [0, 0.05) is 5.38 Å². The Morgan fingerprint density at radius 2 is 1.87 bits per heavy atom. The number of alkyl halides is 3. The van der Waals surface area contributed by atoms with E-state index in [1.54, 1.807) is 30.3 Å². The van der Waals surface area contributed by atoms with Crippen LogP contribution in [-0.2, 0) is 17.5 Å². The van der Waals surface area contributed by atoms with Crippen molar-refractivity contribution in [2.75, 3.05) is 5.32 Å². The van der Waals surface area contributed by atoms with Crippen LogP contribution < -0.4 is 5.32 Å². The summed E-state index contributed by atoms with van der Waals surface area (Å²) in [5, 5.41) is 11.2. The summed E-state index contributed by atoms with van der Waals surface area (Å²) in [6.07, 6.45) is -5.86. The SMILES string of the molecule is O=C(Nc1scc(C(F)(F)F)c1C(=O)O)OCc1ccccc1. The second-order valence-electron chi connectivity index (χ2n) is 4.34. The van der Waals surface area contributed by atoms with E-state index in [-0.39, 0.29) is 6.61 Å². The first-order valence-electron chi connectivity index (χ1n) is 6.18. The molecule has 122 valence electrons.